The summed E-state index contributed by atoms with van der Waals surface area (Å²) < 4.78 is 11.1. The average molecular weight is 401 g/mol. The number of hydrogen-bond acceptors (Lipinski definition) is 6. The van der Waals surface area contributed by atoms with Crippen molar-refractivity contribution < 1.29 is 13.9 Å². The Hall–Kier alpha value is -2.31. The zero-order valence-electron chi connectivity index (χ0n) is 14.5. The highest BCUT2D eigenvalue weighted by Crippen LogP contribution is 2.24. The van der Waals surface area contributed by atoms with Crippen LogP contribution in [-0.2, 0) is 19.4 Å². The van der Waals surface area contributed by atoms with Gasteiger partial charge < -0.3 is 9.15 Å². The molecule has 27 heavy (non-hydrogen) atoms. The van der Waals surface area contributed by atoms with E-state index in [9.17, 15) is 4.79 Å². The summed E-state index contributed by atoms with van der Waals surface area (Å²) in [6, 6.07) is 13.0. The molecule has 4 rings (SSSR count). The van der Waals surface area contributed by atoms with Crippen LogP contribution in [-0.4, -0.2) is 21.7 Å². The SMILES string of the molecule is O=C(CSc1nnc(COc2ccc(Cl)cc2)o1)c1ccc2c(c1)CCC2. The van der Waals surface area contributed by atoms with Crippen molar-refractivity contribution in [2.45, 2.75) is 31.1 Å². The lowest BCUT2D eigenvalue weighted by molar-refractivity contribution is 0.102. The van der Waals surface area contributed by atoms with Crippen LogP contribution in [0, 0.1) is 0 Å². The molecule has 1 aliphatic rings. The second kappa shape index (κ2) is 8.15. The lowest BCUT2D eigenvalue weighted by Crippen LogP contribution is -2.03. The molecule has 1 heterocycles. The van der Waals surface area contributed by atoms with Gasteiger partial charge in [0.25, 0.3) is 11.1 Å². The quantitative estimate of drug-likeness (QED) is 0.420. The van der Waals surface area contributed by atoms with E-state index in [4.69, 9.17) is 20.8 Å². The summed E-state index contributed by atoms with van der Waals surface area (Å²) in [5, 5.41) is 8.91. The van der Waals surface area contributed by atoms with Gasteiger partial charge in [0.2, 0.25) is 0 Å². The second-order valence-electron chi connectivity index (χ2n) is 6.25. The predicted molar refractivity (Wildman–Crippen MR) is 104 cm³/mol. The van der Waals surface area contributed by atoms with Crippen molar-refractivity contribution in [3.8, 4) is 5.75 Å². The molecule has 0 aliphatic heterocycles. The van der Waals surface area contributed by atoms with Gasteiger partial charge in [-0.05, 0) is 60.7 Å². The normalized spacial score (nSPS) is 12.8. The van der Waals surface area contributed by atoms with Crippen molar-refractivity contribution in [3.05, 3.63) is 70.1 Å². The molecule has 7 heteroatoms. The van der Waals surface area contributed by atoms with Crippen LogP contribution in [0.25, 0.3) is 0 Å². The number of thioether (sulfide) groups is 1. The van der Waals surface area contributed by atoms with E-state index in [1.165, 1.54) is 29.3 Å². The molecule has 5 nitrogen and oxygen atoms in total. The first-order chi connectivity index (χ1) is 13.2. The number of aromatic nitrogens is 2. The maximum atomic E-state index is 12.4. The first-order valence-corrected chi connectivity index (χ1v) is 10.0. The maximum absolute atomic E-state index is 12.4. The average Bonchev–Trinajstić information content (AvgIpc) is 3.34. The summed E-state index contributed by atoms with van der Waals surface area (Å²) in [5.74, 6) is 1.35. The molecule has 1 aliphatic carbocycles. The molecule has 1 aromatic heterocycles. The van der Waals surface area contributed by atoms with E-state index >= 15 is 0 Å². The lowest BCUT2D eigenvalue weighted by Gasteiger charge is -2.03. The lowest BCUT2D eigenvalue weighted by atomic mass is 10.0. The number of Topliss-reactive ketones (excluding diaryl/α,β-unsaturated/α-hetero) is 1. The van der Waals surface area contributed by atoms with E-state index in [1.54, 1.807) is 24.3 Å². The molecule has 0 unspecified atom stereocenters. The van der Waals surface area contributed by atoms with Crippen molar-refractivity contribution >= 4 is 29.1 Å². The Morgan fingerprint density at radius 3 is 2.78 bits per heavy atom. The molecule has 0 saturated heterocycles. The molecule has 3 aromatic rings. The molecule has 0 saturated carbocycles. The number of carbonyl (C=O) groups is 1. The van der Waals surface area contributed by atoms with Crippen molar-refractivity contribution in [1.29, 1.82) is 0 Å². The van der Waals surface area contributed by atoms with Gasteiger partial charge in [0.1, 0.15) is 5.75 Å². The summed E-state index contributed by atoms with van der Waals surface area (Å²) in [6.45, 7) is 0.161. The number of halogens is 1. The van der Waals surface area contributed by atoms with Crippen LogP contribution < -0.4 is 4.74 Å². The zero-order chi connectivity index (χ0) is 18.6. The van der Waals surface area contributed by atoms with E-state index in [0.717, 1.165) is 18.4 Å². The second-order valence-corrected chi connectivity index (χ2v) is 7.62. The number of aryl methyl sites for hydroxylation is 2. The number of nitrogens with zero attached hydrogens (tertiary/aromatic N) is 2. The summed E-state index contributed by atoms with van der Waals surface area (Å²) in [4.78, 5) is 12.4. The first kappa shape index (κ1) is 18.1. The third-order valence-corrected chi connectivity index (χ3v) is 5.44. The highest BCUT2D eigenvalue weighted by molar-refractivity contribution is 7.99. The Labute approximate surface area is 166 Å². The molecule has 0 radical (unpaired) electrons. The topological polar surface area (TPSA) is 65.2 Å². The number of rotatable bonds is 7. The highest BCUT2D eigenvalue weighted by atomic mass is 35.5. The van der Waals surface area contributed by atoms with Gasteiger partial charge in [-0.1, -0.05) is 35.5 Å². The van der Waals surface area contributed by atoms with Crippen LogP contribution in [0.15, 0.2) is 52.1 Å². The largest absolute Gasteiger partial charge is 0.484 e. The fourth-order valence-corrected chi connectivity index (χ4v) is 3.79. The number of benzene rings is 2. The van der Waals surface area contributed by atoms with Crippen LogP contribution in [0.2, 0.25) is 5.02 Å². The summed E-state index contributed by atoms with van der Waals surface area (Å²) in [7, 11) is 0. The Bertz CT molecular complexity index is 956. The molecule has 0 amide bonds. The highest BCUT2D eigenvalue weighted by Gasteiger charge is 2.15. The zero-order valence-corrected chi connectivity index (χ0v) is 16.1. The van der Waals surface area contributed by atoms with Crippen LogP contribution in [0.1, 0.15) is 33.8 Å². The van der Waals surface area contributed by atoms with Crippen molar-refractivity contribution in [2.24, 2.45) is 0 Å². The van der Waals surface area contributed by atoms with E-state index in [2.05, 4.69) is 16.3 Å². The van der Waals surface area contributed by atoms with Crippen LogP contribution in [0.3, 0.4) is 0 Å². The first-order valence-electron chi connectivity index (χ1n) is 8.66. The van der Waals surface area contributed by atoms with E-state index < -0.39 is 0 Å². The minimum absolute atomic E-state index is 0.0619. The summed E-state index contributed by atoms with van der Waals surface area (Å²) in [5.41, 5.74) is 3.40. The Balaban J connectivity index is 1.30. The summed E-state index contributed by atoms with van der Waals surface area (Å²) in [6.07, 6.45) is 3.34. The number of hydrogen-bond donors (Lipinski definition) is 0. The van der Waals surface area contributed by atoms with Gasteiger partial charge in [0, 0.05) is 10.6 Å². The molecule has 0 atom stereocenters. The van der Waals surface area contributed by atoms with Gasteiger partial charge >= 0.3 is 0 Å². The molecule has 2 aromatic carbocycles. The molecular formula is C20H17ClN2O3S. The molecule has 0 N–H and O–H groups in total. The van der Waals surface area contributed by atoms with Crippen molar-refractivity contribution in [2.75, 3.05) is 5.75 Å². The minimum atomic E-state index is 0.0619. The molecule has 0 fully saturated rings. The number of ketones is 1. The summed E-state index contributed by atoms with van der Waals surface area (Å²) >= 11 is 7.08. The van der Waals surface area contributed by atoms with Gasteiger partial charge in [-0.3, -0.25) is 4.79 Å². The van der Waals surface area contributed by atoms with Crippen LogP contribution in [0.4, 0.5) is 0 Å². The fraction of sp³-hybridized carbons (Fsp3) is 0.250. The van der Waals surface area contributed by atoms with Crippen LogP contribution in [0.5, 0.6) is 5.75 Å². The smallest absolute Gasteiger partial charge is 0.277 e. The van der Waals surface area contributed by atoms with E-state index in [0.29, 0.717) is 21.9 Å². The third-order valence-electron chi connectivity index (χ3n) is 4.37. The van der Waals surface area contributed by atoms with Gasteiger partial charge in [0.05, 0.1) is 5.75 Å². The van der Waals surface area contributed by atoms with Gasteiger partial charge in [-0.2, -0.15) is 0 Å². The monoisotopic (exact) mass is 400 g/mol. The van der Waals surface area contributed by atoms with E-state index in [1.807, 2.05) is 12.1 Å². The molecule has 138 valence electrons. The standard InChI is InChI=1S/C20H17ClN2O3S/c21-16-6-8-17(9-7-16)25-11-19-22-23-20(26-19)27-12-18(24)15-5-4-13-2-1-3-14(13)10-15/h4-10H,1-3,11-12H2. The Kier molecular flexibility index (Phi) is 5.45. The number of carbonyl (C=O) groups excluding carboxylic acids is 1. The Morgan fingerprint density at radius 1 is 1.11 bits per heavy atom. The fourth-order valence-electron chi connectivity index (χ4n) is 2.99. The van der Waals surface area contributed by atoms with Gasteiger partial charge in [-0.15, -0.1) is 10.2 Å². The molecule has 0 spiro atoms. The Morgan fingerprint density at radius 2 is 1.93 bits per heavy atom. The number of fused-ring (bicyclic) bond motifs is 1. The van der Waals surface area contributed by atoms with E-state index in [-0.39, 0.29) is 18.1 Å². The third kappa shape index (κ3) is 4.51. The van der Waals surface area contributed by atoms with Gasteiger partial charge in [-0.25, -0.2) is 0 Å². The molecular weight excluding hydrogens is 384 g/mol. The van der Waals surface area contributed by atoms with Crippen molar-refractivity contribution in [1.82, 2.24) is 10.2 Å². The van der Waals surface area contributed by atoms with Crippen LogP contribution >= 0.6 is 23.4 Å². The maximum Gasteiger partial charge on any atom is 0.277 e. The predicted octanol–water partition coefficient (Wildman–Crippen LogP) is 4.77. The van der Waals surface area contributed by atoms with Crippen molar-refractivity contribution in [3.63, 3.8) is 0 Å². The minimum Gasteiger partial charge on any atom is -0.484 e. The number of ether oxygens (including phenoxy) is 1. The molecule has 0 bridgehead atoms. The van der Waals surface area contributed by atoms with Gasteiger partial charge in [0.15, 0.2) is 12.4 Å².